The zero-order valence-corrected chi connectivity index (χ0v) is 11.9. The van der Waals surface area contributed by atoms with Gasteiger partial charge in [-0.25, -0.2) is 0 Å². The van der Waals surface area contributed by atoms with Crippen LogP contribution in [0.1, 0.15) is 10.4 Å². The van der Waals surface area contributed by atoms with E-state index < -0.39 is 5.91 Å². The number of primary amides is 1. The summed E-state index contributed by atoms with van der Waals surface area (Å²) in [6, 6.07) is 8.73. The van der Waals surface area contributed by atoms with Gasteiger partial charge in [0.2, 0.25) is 5.91 Å². The van der Waals surface area contributed by atoms with Crippen molar-refractivity contribution in [1.82, 2.24) is 5.32 Å². The van der Waals surface area contributed by atoms with Gasteiger partial charge in [0.05, 0.1) is 19.3 Å². The molecule has 3 N–H and O–H groups in total. The van der Waals surface area contributed by atoms with Gasteiger partial charge < -0.3 is 25.3 Å². The summed E-state index contributed by atoms with van der Waals surface area (Å²) < 4.78 is 16.7. The minimum Gasteiger partial charge on any atom is -0.370 e. The average molecular weight is 306 g/mol. The monoisotopic (exact) mass is 306 g/mol. The molecule has 0 saturated carbocycles. The molecule has 4 unspecified atom stereocenters. The number of fused-ring (bicyclic) bond motifs is 1. The first kappa shape index (κ1) is 15.0. The third-order valence-electron chi connectivity index (χ3n) is 3.80. The van der Waals surface area contributed by atoms with Crippen molar-refractivity contribution in [1.29, 1.82) is 0 Å². The number of hydrogen-bond donors (Lipinski definition) is 2. The lowest BCUT2D eigenvalue weighted by atomic mass is 10.1. The van der Waals surface area contributed by atoms with Crippen LogP contribution in [-0.2, 0) is 19.0 Å². The van der Waals surface area contributed by atoms with Crippen LogP contribution in [-0.4, -0.2) is 56.0 Å². The van der Waals surface area contributed by atoms with Crippen molar-refractivity contribution in [3.05, 3.63) is 35.9 Å². The van der Waals surface area contributed by atoms with E-state index >= 15 is 0 Å². The normalized spacial score (nSPS) is 30.0. The Morgan fingerprint density at radius 2 is 1.91 bits per heavy atom. The van der Waals surface area contributed by atoms with Crippen LogP contribution in [0.3, 0.4) is 0 Å². The van der Waals surface area contributed by atoms with Gasteiger partial charge in [-0.2, -0.15) is 0 Å². The smallest absolute Gasteiger partial charge is 0.251 e. The molecule has 7 heteroatoms. The molecule has 7 nitrogen and oxygen atoms in total. The minimum absolute atomic E-state index is 0.165. The van der Waals surface area contributed by atoms with E-state index in [0.29, 0.717) is 18.8 Å². The fraction of sp³-hybridized carbons (Fsp3) is 0.467. The molecule has 0 bridgehead atoms. The average Bonchev–Trinajstić information content (AvgIpc) is 3.09. The zero-order chi connectivity index (χ0) is 15.5. The maximum atomic E-state index is 12.2. The molecule has 2 aliphatic heterocycles. The summed E-state index contributed by atoms with van der Waals surface area (Å²) in [6.45, 7) is 0.506. The highest BCUT2D eigenvalue weighted by atomic mass is 16.6. The molecule has 1 aromatic rings. The second-order valence-corrected chi connectivity index (χ2v) is 5.36. The lowest BCUT2D eigenvalue weighted by Crippen LogP contribution is -2.44. The summed E-state index contributed by atoms with van der Waals surface area (Å²) in [7, 11) is 0. The van der Waals surface area contributed by atoms with E-state index in [-0.39, 0.29) is 36.9 Å². The van der Waals surface area contributed by atoms with Crippen LogP contribution in [0.15, 0.2) is 30.3 Å². The first-order chi connectivity index (χ1) is 10.6. The molecule has 0 aliphatic carbocycles. The Kier molecular flexibility index (Phi) is 4.37. The van der Waals surface area contributed by atoms with Gasteiger partial charge in [-0.05, 0) is 12.1 Å². The molecule has 1 aromatic carbocycles. The second kappa shape index (κ2) is 6.43. The first-order valence-electron chi connectivity index (χ1n) is 7.14. The maximum absolute atomic E-state index is 12.2. The molecule has 118 valence electrons. The highest BCUT2D eigenvalue weighted by Gasteiger charge is 2.48. The number of rotatable bonds is 5. The summed E-state index contributed by atoms with van der Waals surface area (Å²) >= 11 is 0. The predicted octanol–water partition coefficient (Wildman–Crippen LogP) is -0.547. The number of carbonyl (C=O) groups excluding carboxylic acids is 2. The van der Waals surface area contributed by atoms with E-state index in [0.717, 1.165) is 0 Å². The standard InChI is InChI=1S/C15H18N2O5/c16-12(18)8-20-11-7-22-13-10(6-21-14(11)13)17-15(19)9-4-2-1-3-5-9/h1-5,10-11,13-14H,6-8H2,(H2,16,18)(H,17,19). The van der Waals surface area contributed by atoms with Gasteiger partial charge in [0.25, 0.3) is 5.91 Å². The second-order valence-electron chi connectivity index (χ2n) is 5.36. The van der Waals surface area contributed by atoms with Crippen LogP contribution in [0.5, 0.6) is 0 Å². The predicted molar refractivity (Wildman–Crippen MR) is 76.1 cm³/mol. The van der Waals surface area contributed by atoms with Gasteiger partial charge >= 0.3 is 0 Å². The van der Waals surface area contributed by atoms with Gasteiger partial charge in [0.15, 0.2) is 0 Å². The lowest BCUT2D eigenvalue weighted by molar-refractivity contribution is -0.126. The Balaban J connectivity index is 1.57. The quantitative estimate of drug-likeness (QED) is 0.760. The van der Waals surface area contributed by atoms with Gasteiger partial charge in [-0.1, -0.05) is 18.2 Å². The Bertz CT molecular complexity index is 550. The first-order valence-corrected chi connectivity index (χ1v) is 7.14. The molecular weight excluding hydrogens is 288 g/mol. The highest BCUT2D eigenvalue weighted by Crippen LogP contribution is 2.29. The number of carbonyl (C=O) groups is 2. The summed E-state index contributed by atoms with van der Waals surface area (Å²) in [5.41, 5.74) is 5.65. The molecule has 2 amide bonds. The molecule has 2 fully saturated rings. The van der Waals surface area contributed by atoms with Crippen molar-refractivity contribution in [2.24, 2.45) is 5.73 Å². The van der Waals surface area contributed by atoms with Gasteiger partial charge in [0, 0.05) is 5.56 Å². The van der Waals surface area contributed by atoms with Crippen LogP contribution in [0.2, 0.25) is 0 Å². The van der Waals surface area contributed by atoms with Gasteiger partial charge in [-0.3, -0.25) is 9.59 Å². The largest absolute Gasteiger partial charge is 0.370 e. The molecule has 2 aliphatic rings. The van der Waals surface area contributed by atoms with Gasteiger partial charge in [-0.15, -0.1) is 0 Å². The summed E-state index contributed by atoms with van der Waals surface area (Å²) in [6.07, 6.45) is -0.901. The number of hydrogen-bond acceptors (Lipinski definition) is 5. The van der Waals surface area contributed by atoms with Gasteiger partial charge in [0.1, 0.15) is 24.9 Å². The van der Waals surface area contributed by atoms with Crippen LogP contribution in [0.4, 0.5) is 0 Å². The van der Waals surface area contributed by atoms with Crippen LogP contribution in [0, 0.1) is 0 Å². The van der Waals surface area contributed by atoms with Crippen molar-refractivity contribution >= 4 is 11.8 Å². The van der Waals surface area contributed by atoms with Crippen LogP contribution < -0.4 is 11.1 Å². The molecule has 2 saturated heterocycles. The van der Waals surface area contributed by atoms with E-state index in [1.807, 2.05) is 18.2 Å². The van der Waals surface area contributed by atoms with Crippen LogP contribution in [0.25, 0.3) is 0 Å². The van der Waals surface area contributed by atoms with E-state index in [1.54, 1.807) is 12.1 Å². The minimum atomic E-state index is -0.532. The highest BCUT2D eigenvalue weighted by molar-refractivity contribution is 5.94. The number of nitrogens with one attached hydrogen (secondary N) is 1. The van der Waals surface area contributed by atoms with Crippen molar-refractivity contribution in [2.45, 2.75) is 24.4 Å². The number of nitrogens with two attached hydrogens (primary N) is 1. The third-order valence-corrected chi connectivity index (χ3v) is 3.80. The number of benzene rings is 1. The fourth-order valence-electron chi connectivity index (χ4n) is 2.76. The molecule has 22 heavy (non-hydrogen) atoms. The molecule has 3 rings (SSSR count). The Morgan fingerprint density at radius 3 is 2.64 bits per heavy atom. The Hall–Kier alpha value is -1.96. The molecule has 4 atom stereocenters. The van der Waals surface area contributed by atoms with Crippen molar-refractivity contribution in [2.75, 3.05) is 19.8 Å². The van der Waals surface area contributed by atoms with Crippen molar-refractivity contribution in [3.63, 3.8) is 0 Å². The topological polar surface area (TPSA) is 99.9 Å². The molecular formula is C15H18N2O5. The number of amides is 2. The molecule has 2 heterocycles. The van der Waals surface area contributed by atoms with Crippen molar-refractivity contribution in [3.8, 4) is 0 Å². The lowest BCUT2D eigenvalue weighted by Gasteiger charge is -2.17. The van der Waals surface area contributed by atoms with Crippen molar-refractivity contribution < 1.29 is 23.8 Å². The third kappa shape index (κ3) is 3.11. The summed E-state index contributed by atoms with van der Waals surface area (Å²) in [5, 5.41) is 2.92. The SMILES string of the molecule is NC(=O)COC1COC2C(NC(=O)c3ccccc3)COC12. The molecule has 0 spiro atoms. The Morgan fingerprint density at radius 1 is 1.18 bits per heavy atom. The van der Waals surface area contributed by atoms with Crippen LogP contribution >= 0.6 is 0 Å². The van der Waals surface area contributed by atoms with E-state index in [2.05, 4.69) is 5.32 Å². The Labute approximate surface area is 127 Å². The van der Waals surface area contributed by atoms with E-state index in [4.69, 9.17) is 19.9 Å². The summed E-state index contributed by atoms with van der Waals surface area (Å²) in [5.74, 6) is -0.699. The van der Waals surface area contributed by atoms with E-state index in [1.165, 1.54) is 0 Å². The molecule has 0 aromatic heterocycles. The molecule has 0 radical (unpaired) electrons. The maximum Gasteiger partial charge on any atom is 0.251 e. The summed E-state index contributed by atoms with van der Waals surface area (Å²) in [4.78, 5) is 22.9. The van der Waals surface area contributed by atoms with E-state index in [9.17, 15) is 9.59 Å². The zero-order valence-electron chi connectivity index (χ0n) is 11.9. The number of ether oxygens (including phenoxy) is 3. The fourth-order valence-corrected chi connectivity index (χ4v) is 2.76.